The van der Waals surface area contributed by atoms with Crippen molar-refractivity contribution in [3.63, 3.8) is 0 Å². The van der Waals surface area contributed by atoms with Crippen molar-refractivity contribution >= 4 is 35.5 Å². The largest absolute Gasteiger partial charge is 0.480 e. The normalized spacial score (nSPS) is 13.4. The summed E-state index contributed by atoms with van der Waals surface area (Å²) in [5.74, 6) is -5.42. The third-order valence-electron chi connectivity index (χ3n) is 3.59. The fourth-order valence-corrected chi connectivity index (χ4v) is 1.98. The lowest BCUT2D eigenvalue weighted by molar-refractivity contribution is -0.142. The summed E-state index contributed by atoms with van der Waals surface area (Å²) in [6.07, 6.45) is -0.711. The van der Waals surface area contributed by atoms with Gasteiger partial charge >= 0.3 is 5.97 Å². The van der Waals surface area contributed by atoms with Crippen LogP contribution in [0.15, 0.2) is 0 Å². The Morgan fingerprint density at radius 3 is 1.86 bits per heavy atom. The second kappa shape index (κ2) is 13.0. The molecule has 0 aromatic rings. The molecule has 11 N–H and O–H groups in total. The molecule has 0 spiro atoms. The van der Waals surface area contributed by atoms with Crippen molar-refractivity contribution in [3.8, 4) is 0 Å². The van der Waals surface area contributed by atoms with Crippen LogP contribution in [0.5, 0.6) is 0 Å². The third-order valence-corrected chi connectivity index (χ3v) is 3.59. The van der Waals surface area contributed by atoms with Gasteiger partial charge in [-0.3, -0.25) is 24.0 Å². The van der Waals surface area contributed by atoms with E-state index >= 15 is 0 Å². The van der Waals surface area contributed by atoms with Gasteiger partial charge in [0.05, 0.1) is 19.2 Å². The molecule has 0 aromatic carbocycles. The summed E-state index contributed by atoms with van der Waals surface area (Å²) in [7, 11) is 0. The monoisotopic (exact) mass is 418 g/mol. The number of carboxylic acids is 1. The van der Waals surface area contributed by atoms with Gasteiger partial charge < -0.3 is 43.4 Å². The zero-order chi connectivity index (χ0) is 22.6. The maximum Gasteiger partial charge on any atom is 0.326 e. The molecule has 3 atom stereocenters. The predicted molar refractivity (Wildman–Crippen MR) is 96.4 cm³/mol. The maximum atomic E-state index is 12.0. The number of carbonyl (C=O) groups is 6. The zero-order valence-corrected chi connectivity index (χ0v) is 15.6. The molecule has 0 heterocycles. The molecule has 3 unspecified atom stereocenters. The molecule has 0 fully saturated rings. The van der Waals surface area contributed by atoms with Gasteiger partial charge in [0.1, 0.15) is 12.1 Å². The van der Waals surface area contributed by atoms with Gasteiger partial charge in [-0.15, -0.1) is 0 Å². The number of hydrogen-bond donors (Lipinski definition) is 8. The van der Waals surface area contributed by atoms with Crippen LogP contribution in [0.3, 0.4) is 0 Å². The number of aliphatic hydroxyl groups is 1. The van der Waals surface area contributed by atoms with E-state index in [2.05, 4.69) is 16.0 Å². The van der Waals surface area contributed by atoms with Gasteiger partial charge in [-0.25, -0.2) is 4.79 Å². The van der Waals surface area contributed by atoms with Gasteiger partial charge in [0.2, 0.25) is 29.5 Å². The smallest absolute Gasteiger partial charge is 0.326 e. The van der Waals surface area contributed by atoms with Gasteiger partial charge in [0, 0.05) is 12.8 Å². The molecule has 0 rings (SSSR count). The fraction of sp³-hybridized carbons (Fsp3) is 0.600. The minimum atomic E-state index is -1.43. The Bertz CT molecular complexity index is 640. The van der Waals surface area contributed by atoms with Crippen LogP contribution >= 0.6 is 0 Å². The highest BCUT2D eigenvalue weighted by Crippen LogP contribution is 1.98. The highest BCUT2D eigenvalue weighted by atomic mass is 16.4. The van der Waals surface area contributed by atoms with E-state index < -0.39 is 66.8 Å². The SMILES string of the molecule is NC(=O)CCC(N)C(=O)NC(CO)C(=O)NCC(=O)NC(CCC(N)=O)C(=O)O. The summed E-state index contributed by atoms with van der Waals surface area (Å²) in [4.78, 5) is 68.1. The Balaban J connectivity index is 4.57. The van der Waals surface area contributed by atoms with Crippen molar-refractivity contribution in [3.05, 3.63) is 0 Å². The van der Waals surface area contributed by atoms with Crippen LogP contribution in [-0.2, 0) is 28.8 Å². The molecule has 14 nitrogen and oxygen atoms in total. The lowest BCUT2D eigenvalue weighted by Crippen LogP contribution is -2.54. The molecule has 0 aromatic heterocycles. The van der Waals surface area contributed by atoms with E-state index in [0.29, 0.717) is 0 Å². The number of hydrogen-bond acceptors (Lipinski definition) is 8. The standard InChI is InChI=1S/C15H26N6O8/c16-7(1-3-10(17)23)13(26)21-9(6-22)14(27)19-5-12(25)20-8(15(28)29)2-4-11(18)24/h7-9,22H,1-6,16H2,(H2,17,23)(H2,18,24)(H,19,27)(H,20,25)(H,21,26)(H,28,29). The summed E-state index contributed by atoms with van der Waals surface area (Å²) in [6, 6.07) is -3.96. The number of primary amides is 2. The number of carboxylic acid groups (broad SMARTS) is 1. The molecule has 0 aliphatic rings. The van der Waals surface area contributed by atoms with Crippen LogP contribution < -0.4 is 33.2 Å². The predicted octanol–water partition coefficient (Wildman–Crippen LogP) is -4.99. The van der Waals surface area contributed by atoms with Crippen LogP contribution in [0.1, 0.15) is 25.7 Å². The van der Waals surface area contributed by atoms with Crippen molar-refractivity contribution < 1.29 is 39.0 Å². The van der Waals surface area contributed by atoms with Gasteiger partial charge in [0.15, 0.2) is 0 Å². The number of rotatable bonds is 14. The summed E-state index contributed by atoms with van der Waals surface area (Å²) in [5, 5.41) is 24.6. The fourth-order valence-electron chi connectivity index (χ4n) is 1.98. The number of aliphatic carboxylic acids is 1. The summed E-state index contributed by atoms with van der Waals surface area (Å²) in [6.45, 7) is -1.46. The second-order valence-electron chi connectivity index (χ2n) is 6.04. The Labute approximate surface area is 165 Å². The van der Waals surface area contributed by atoms with E-state index in [0.717, 1.165) is 0 Å². The molecule has 0 aliphatic heterocycles. The molecule has 29 heavy (non-hydrogen) atoms. The quantitative estimate of drug-likeness (QED) is 0.134. The molecule has 0 saturated heterocycles. The Morgan fingerprint density at radius 1 is 0.828 bits per heavy atom. The Kier molecular flexibility index (Phi) is 11.5. The van der Waals surface area contributed by atoms with Crippen molar-refractivity contribution in [1.82, 2.24) is 16.0 Å². The van der Waals surface area contributed by atoms with Crippen molar-refractivity contribution in [1.29, 1.82) is 0 Å². The number of aliphatic hydroxyl groups excluding tert-OH is 1. The highest BCUT2D eigenvalue weighted by molar-refractivity contribution is 5.92. The van der Waals surface area contributed by atoms with Crippen LogP contribution in [0, 0.1) is 0 Å². The first-order valence-corrected chi connectivity index (χ1v) is 8.51. The van der Waals surface area contributed by atoms with E-state index in [1.165, 1.54) is 0 Å². The Morgan fingerprint density at radius 2 is 1.38 bits per heavy atom. The van der Waals surface area contributed by atoms with E-state index in [1.807, 2.05) is 0 Å². The minimum absolute atomic E-state index is 0.0643. The van der Waals surface area contributed by atoms with E-state index in [9.17, 15) is 33.9 Å². The first kappa shape index (κ1) is 25.7. The average molecular weight is 418 g/mol. The third kappa shape index (κ3) is 11.2. The molecule has 0 bridgehead atoms. The first-order chi connectivity index (χ1) is 13.5. The molecule has 164 valence electrons. The highest BCUT2D eigenvalue weighted by Gasteiger charge is 2.25. The van der Waals surface area contributed by atoms with Crippen LogP contribution in [0.2, 0.25) is 0 Å². The van der Waals surface area contributed by atoms with E-state index in [1.54, 1.807) is 0 Å². The molecule has 0 saturated carbocycles. The van der Waals surface area contributed by atoms with Gasteiger partial charge in [-0.2, -0.15) is 0 Å². The lowest BCUT2D eigenvalue weighted by Gasteiger charge is -2.19. The summed E-state index contributed by atoms with van der Waals surface area (Å²) < 4.78 is 0. The van der Waals surface area contributed by atoms with E-state index in [4.69, 9.17) is 22.3 Å². The van der Waals surface area contributed by atoms with Crippen molar-refractivity contribution in [2.24, 2.45) is 17.2 Å². The minimum Gasteiger partial charge on any atom is -0.480 e. The molecular weight excluding hydrogens is 392 g/mol. The van der Waals surface area contributed by atoms with Gasteiger partial charge in [-0.1, -0.05) is 0 Å². The topological polar surface area (TPSA) is 257 Å². The molecule has 14 heteroatoms. The number of carbonyl (C=O) groups excluding carboxylic acids is 5. The number of nitrogens with two attached hydrogens (primary N) is 3. The van der Waals surface area contributed by atoms with Crippen LogP contribution in [0.4, 0.5) is 0 Å². The molecule has 5 amide bonds. The second-order valence-corrected chi connectivity index (χ2v) is 6.04. The lowest BCUT2D eigenvalue weighted by atomic mass is 10.1. The summed E-state index contributed by atoms with van der Waals surface area (Å²) in [5.41, 5.74) is 15.4. The first-order valence-electron chi connectivity index (χ1n) is 8.51. The zero-order valence-electron chi connectivity index (χ0n) is 15.6. The van der Waals surface area contributed by atoms with Crippen molar-refractivity contribution in [2.75, 3.05) is 13.2 Å². The average Bonchev–Trinajstić information content (AvgIpc) is 2.64. The van der Waals surface area contributed by atoms with Crippen LogP contribution in [-0.4, -0.2) is 77.0 Å². The molecule has 0 aliphatic carbocycles. The number of amides is 5. The van der Waals surface area contributed by atoms with Gasteiger partial charge in [0.25, 0.3) is 0 Å². The van der Waals surface area contributed by atoms with E-state index in [-0.39, 0.29) is 25.7 Å². The number of nitrogens with one attached hydrogen (secondary N) is 3. The van der Waals surface area contributed by atoms with Crippen molar-refractivity contribution in [2.45, 2.75) is 43.8 Å². The Hall–Kier alpha value is -3.26. The van der Waals surface area contributed by atoms with Crippen LogP contribution in [0.25, 0.3) is 0 Å². The summed E-state index contributed by atoms with van der Waals surface area (Å²) >= 11 is 0. The maximum absolute atomic E-state index is 12.0. The molecular formula is C15H26N6O8. The molecule has 0 radical (unpaired) electrons. The van der Waals surface area contributed by atoms with Gasteiger partial charge in [-0.05, 0) is 12.8 Å².